The number of amides is 1. The minimum atomic E-state index is 0.293. The smallest absolute Gasteiger partial charge is 0.222 e. The third kappa shape index (κ3) is 2.38. The normalized spacial score (nSPS) is 26.0. The number of benzene rings is 1. The molecule has 1 unspecified atom stereocenters. The number of tetrazole rings is 1. The van der Waals surface area contributed by atoms with E-state index < -0.39 is 0 Å². The number of piperidine rings is 1. The molecule has 22 heavy (non-hydrogen) atoms. The van der Waals surface area contributed by atoms with E-state index in [2.05, 4.69) is 27.5 Å². The maximum absolute atomic E-state index is 12.2. The lowest BCUT2D eigenvalue weighted by molar-refractivity contribution is -0.130. The third-order valence-electron chi connectivity index (χ3n) is 5.16. The van der Waals surface area contributed by atoms with Crippen molar-refractivity contribution >= 4 is 5.91 Å². The van der Waals surface area contributed by atoms with E-state index in [9.17, 15) is 4.79 Å². The predicted molar refractivity (Wildman–Crippen MR) is 80.7 cm³/mol. The van der Waals surface area contributed by atoms with Crippen LogP contribution in [0.2, 0.25) is 0 Å². The van der Waals surface area contributed by atoms with Crippen LogP contribution < -0.4 is 0 Å². The van der Waals surface area contributed by atoms with E-state index in [1.54, 1.807) is 0 Å². The van der Waals surface area contributed by atoms with Crippen molar-refractivity contribution in [2.24, 2.45) is 17.8 Å². The molecule has 114 valence electrons. The third-order valence-corrected chi connectivity index (χ3v) is 5.16. The van der Waals surface area contributed by atoms with E-state index >= 15 is 0 Å². The summed E-state index contributed by atoms with van der Waals surface area (Å²) >= 11 is 0. The standard InChI is InChI=1S/C16H19N5O/c1-10-13-8-21(9-14(10)13)15(22)7-4-11-2-5-12(6-3-11)16-17-19-20-18-16/h2-3,5-6,10,13-14H,4,7-9H2,1H3,(H,17,18,19,20)/t10?,13-,14+. The number of hydrogen-bond acceptors (Lipinski definition) is 4. The quantitative estimate of drug-likeness (QED) is 0.928. The summed E-state index contributed by atoms with van der Waals surface area (Å²) in [6.07, 6.45) is 1.38. The Bertz CT molecular complexity index is 654. The molecule has 6 heteroatoms. The first-order chi connectivity index (χ1) is 10.7. The molecule has 1 N–H and O–H groups in total. The molecule has 1 saturated carbocycles. The van der Waals surface area contributed by atoms with Gasteiger partial charge in [0.25, 0.3) is 0 Å². The molecule has 1 saturated heterocycles. The molecule has 0 radical (unpaired) electrons. The van der Waals surface area contributed by atoms with Crippen LogP contribution in [-0.2, 0) is 11.2 Å². The van der Waals surface area contributed by atoms with Gasteiger partial charge in [0.05, 0.1) is 0 Å². The number of rotatable bonds is 4. The van der Waals surface area contributed by atoms with Crippen LogP contribution in [0.1, 0.15) is 18.9 Å². The van der Waals surface area contributed by atoms with Crippen LogP contribution in [0.5, 0.6) is 0 Å². The molecule has 0 spiro atoms. The largest absolute Gasteiger partial charge is 0.342 e. The molecule has 1 aromatic carbocycles. The molecule has 1 aromatic heterocycles. The molecule has 2 fully saturated rings. The van der Waals surface area contributed by atoms with Gasteiger partial charge in [0.1, 0.15) is 0 Å². The molecule has 4 rings (SSSR count). The van der Waals surface area contributed by atoms with E-state index in [1.807, 2.05) is 29.2 Å². The summed E-state index contributed by atoms with van der Waals surface area (Å²) < 4.78 is 0. The van der Waals surface area contributed by atoms with Gasteiger partial charge in [0.2, 0.25) is 11.7 Å². The van der Waals surface area contributed by atoms with Crippen molar-refractivity contribution in [3.05, 3.63) is 29.8 Å². The first kappa shape index (κ1) is 13.4. The second kappa shape index (κ2) is 5.19. The summed E-state index contributed by atoms with van der Waals surface area (Å²) in [4.78, 5) is 14.3. The minimum absolute atomic E-state index is 0.293. The number of H-pyrrole nitrogens is 1. The maximum Gasteiger partial charge on any atom is 0.222 e. The zero-order valence-corrected chi connectivity index (χ0v) is 12.6. The fourth-order valence-corrected chi connectivity index (χ4v) is 3.54. The van der Waals surface area contributed by atoms with Gasteiger partial charge in [-0.3, -0.25) is 4.79 Å². The molecule has 1 aliphatic carbocycles. The maximum atomic E-state index is 12.2. The Kier molecular flexibility index (Phi) is 3.17. The Morgan fingerprint density at radius 1 is 1.27 bits per heavy atom. The van der Waals surface area contributed by atoms with Crippen LogP contribution in [-0.4, -0.2) is 44.5 Å². The van der Waals surface area contributed by atoms with Crippen molar-refractivity contribution in [1.29, 1.82) is 0 Å². The number of nitrogens with zero attached hydrogens (tertiary/aromatic N) is 4. The number of carbonyl (C=O) groups excluding carboxylic acids is 1. The number of aromatic nitrogens is 4. The van der Waals surface area contributed by atoms with Crippen molar-refractivity contribution in [2.45, 2.75) is 19.8 Å². The molecule has 6 nitrogen and oxygen atoms in total. The van der Waals surface area contributed by atoms with Crippen LogP contribution in [0.4, 0.5) is 0 Å². The van der Waals surface area contributed by atoms with E-state index in [0.29, 0.717) is 18.2 Å². The van der Waals surface area contributed by atoms with E-state index in [0.717, 1.165) is 42.8 Å². The number of hydrogen-bond donors (Lipinski definition) is 1. The topological polar surface area (TPSA) is 74.8 Å². The van der Waals surface area contributed by atoms with Crippen molar-refractivity contribution in [3.8, 4) is 11.4 Å². The van der Waals surface area contributed by atoms with Crippen LogP contribution in [0, 0.1) is 17.8 Å². The van der Waals surface area contributed by atoms with Gasteiger partial charge in [-0.25, -0.2) is 0 Å². The highest BCUT2D eigenvalue weighted by molar-refractivity contribution is 5.77. The minimum Gasteiger partial charge on any atom is -0.342 e. The van der Waals surface area contributed by atoms with Gasteiger partial charge >= 0.3 is 0 Å². The number of nitrogens with one attached hydrogen (secondary N) is 1. The van der Waals surface area contributed by atoms with Gasteiger partial charge in [-0.05, 0) is 35.0 Å². The molecular formula is C16H19N5O. The Hall–Kier alpha value is -2.24. The average molecular weight is 297 g/mol. The first-order valence-corrected chi connectivity index (χ1v) is 7.83. The van der Waals surface area contributed by atoms with E-state index in [1.165, 1.54) is 5.56 Å². The molecule has 1 aliphatic heterocycles. The summed E-state index contributed by atoms with van der Waals surface area (Å²) in [5.74, 6) is 3.27. The zero-order chi connectivity index (χ0) is 15.1. The van der Waals surface area contributed by atoms with Crippen molar-refractivity contribution in [3.63, 3.8) is 0 Å². The zero-order valence-electron chi connectivity index (χ0n) is 12.6. The number of carbonyl (C=O) groups is 1. The highest BCUT2D eigenvalue weighted by atomic mass is 16.2. The Balaban J connectivity index is 1.31. The summed E-state index contributed by atoms with van der Waals surface area (Å²) in [6.45, 7) is 4.24. The summed E-state index contributed by atoms with van der Waals surface area (Å²) in [5.41, 5.74) is 2.09. The van der Waals surface area contributed by atoms with Gasteiger partial charge in [-0.2, -0.15) is 5.21 Å². The number of likely N-dealkylation sites (tertiary alicyclic amines) is 1. The molecule has 0 bridgehead atoms. The molecule has 2 aliphatic rings. The highest BCUT2D eigenvalue weighted by Gasteiger charge is 2.53. The van der Waals surface area contributed by atoms with Crippen LogP contribution in [0.3, 0.4) is 0 Å². The van der Waals surface area contributed by atoms with Crippen LogP contribution in [0.25, 0.3) is 11.4 Å². The van der Waals surface area contributed by atoms with Crippen molar-refractivity contribution in [1.82, 2.24) is 25.5 Å². The second-order valence-electron chi connectivity index (χ2n) is 6.42. The van der Waals surface area contributed by atoms with Crippen molar-refractivity contribution in [2.75, 3.05) is 13.1 Å². The van der Waals surface area contributed by atoms with Gasteiger partial charge < -0.3 is 4.90 Å². The number of aryl methyl sites for hydroxylation is 1. The van der Waals surface area contributed by atoms with Gasteiger partial charge in [-0.15, -0.1) is 10.2 Å². The molecular weight excluding hydrogens is 278 g/mol. The monoisotopic (exact) mass is 297 g/mol. The summed E-state index contributed by atoms with van der Waals surface area (Å²) in [7, 11) is 0. The first-order valence-electron chi connectivity index (χ1n) is 7.83. The number of fused-ring (bicyclic) bond motifs is 1. The number of aromatic amines is 1. The van der Waals surface area contributed by atoms with Crippen molar-refractivity contribution < 1.29 is 4.79 Å². The average Bonchev–Trinajstić information content (AvgIpc) is 3.04. The van der Waals surface area contributed by atoms with E-state index in [4.69, 9.17) is 0 Å². The van der Waals surface area contributed by atoms with E-state index in [-0.39, 0.29) is 0 Å². The Morgan fingerprint density at radius 2 is 2.00 bits per heavy atom. The van der Waals surface area contributed by atoms with Gasteiger partial charge in [0, 0.05) is 25.1 Å². The van der Waals surface area contributed by atoms with Crippen LogP contribution in [0.15, 0.2) is 24.3 Å². The lowest BCUT2D eigenvalue weighted by Crippen LogP contribution is -2.31. The lowest BCUT2D eigenvalue weighted by atomic mass is 10.1. The second-order valence-corrected chi connectivity index (χ2v) is 6.42. The Labute approximate surface area is 128 Å². The summed E-state index contributed by atoms with van der Waals surface area (Å²) in [6, 6.07) is 8.00. The fourth-order valence-electron chi connectivity index (χ4n) is 3.54. The predicted octanol–water partition coefficient (Wildman–Crippen LogP) is 1.52. The summed E-state index contributed by atoms with van der Waals surface area (Å²) in [5, 5.41) is 13.9. The fraction of sp³-hybridized carbons (Fsp3) is 0.500. The lowest BCUT2D eigenvalue weighted by Gasteiger charge is -2.19. The molecule has 3 atom stereocenters. The highest BCUT2D eigenvalue weighted by Crippen LogP contribution is 2.51. The SMILES string of the molecule is CC1[C@H]2CN(C(=O)CCc3ccc(-c4nn[nH]n4)cc3)C[C@@H]12. The van der Waals surface area contributed by atoms with Gasteiger partial charge in [-0.1, -0.05) is 31.2 Å². The molecule has 2 aromatic rings. The van der Waals surface area contributed by atoms with Gasteiger partial charge in [0.15, 0.2) is 0 Å². The molecule has 2 heterocycles. The molecule has 1 amide bonds. The van der Waals surface area contributed by atoms with Crippen LogP contribution >= 0.6 is 0 Å². The Morgan fingerprint density at radius 3 is 2.64 bits per heavy atom.